The first-order valence-corrected chi connectivity index (χ1v) is 8.74. The first-order chi connectivity index (χ1) is 12.5. The van der Waals surface area contributed by atoms with E-state index in [-0.39, 0.29) is 11.5 Å². The molecule has 2 nitrogen and oxygen atoms in total. The van der Waals surface area contributed by atoms with Crippen molar-refractivity contribution in [1.29, 1.82) is 0 Å². The fraction of sp³-hybridized carbons (Fsp3) is 0.125. The van der Waals surface area contributed by atoms with Crippen LogP contribution in [0.2, 0.25) is 0 Å². The van der Waals surface area contributed by atoms with Gasteiger partial charge in [0.25, 0.3) is 0 Å². The van der Waals surface area contributed by atoms with Crippen LogP contribution >= 0.6 is 0 Å². The van der Waals surface area contributed by atoms with Crippen molar-refractivity contribution in [3.63, 3.8) is 0 Å². The van der Waals surface area contributed by atoms with Crippen LogP contribution in [0, 0.1) is 20.8 Å². The summed E-state index contributed by atoms with van der Waals surface area (Å²) < 4.78 is 0. The molecule has 0 heterocycles. The van der Waals surface area contributed by atoms with E-state index in [9.17, 15) is 9.90 Å². The molecule has 0 radical (unpaired) electrons. The molecule has 0 fully saturated rings. The van der Waals surface area contributed by atoms with E-state index in [1.54, 1.807) is 18.2 Å². The molecule has 1 aliphatic rings. The van der Waals surface area contributed by atoms with Gasteiger partial charge in [0.05, 0.1) is 0 Å². The number of aromatic hydroxyl groups is 1. The molecule has 0 spiro atoms. The van der Waals surface area contributed by atoms with E-state index in [0.29, 0.717) is 16.7 Å². The monoisotopic (exact) mass is 340 g/mol. The van der Waals surface area contributed by atoms with E-state index < -0.39 is 0 Å². The Morgan fingerprint density at radius 1 is 0.615 bits per heavy atom. The lowest BCUT2D eigenvalue weighted by atomic mass is 9.87. The van der Waals surface area contributed by atoms with Crippen LogP contribution in [0.25, 0.3) is 11.1 Å². The zero-order valence-electron chi connectivity index (χ0n) is 15.1. The molecule has 3 aromatic carbocycles. The Balaban J connectivity index is 2.17. The maximum Gasteiger partial charge on any atom is 0.195 e. The van der Waals surface area contributed by atoms with E-state index in [2.05, 4.69) is 0 Å². The van der Waals surface area contributed by atoms with E-state index in [0.717, 1.165) is 33.4 Å². The Kier molecular flexibility index (Phi) is 3.77. The highest BCUT2D eigenvalue weighted by atomic mass is 16.3. The van der Waals surface area contributed by atoms with Crippen molar-refractivity contribution in [2.24, 2.45) is 0 Å². The van der Waals surface area contributed by atoms with Crippen molar-refractivity contribution < 1.29 is 9.90 Å². The van der Waals surface area contributed by atoms with Crippen LogP contribution in [0.15, 0.2) is 60.7 Å². The van der Waals surface area contributed by atoms with Gasteiger partial charge in [-0.3, -0.25) is 4.79 Å². The summed E-state index contributed by atoms with van der Waals surface area (Å²) in [6.45, 7) is 6.11. The minimum absolute atomic E-state index is 0.0251. The van der Waals surface area contributed by atoms with Gasteiger partial charge >= 0.3 is 0 Å². The molecule has 26 heavy (non-hydrogen) atoms. The molecule has 3 aromatic rings. The molecule has 0 unspecified atom stereocenters. The first-order valence-electron chi connectivity index (χ1n) is 8.74. The number of hydrogen-bond acceptors (Lipinski definition) is 2. The van der Waals surface area contributed by atoms with Crippen LogP contribution in [0.4, 0.5) is 0 Å². The number of benzene rings is 3. The van der Waals surface area contributed by atoms with Crippen LogP contribution in [-0.2, 0) is 0 Å². The van der Waals surface area contributed by atoms with Crippen molar-refractivity contribution in [3.8, 4) is 5.75 Å². The fourth-order valence-electron chi connectivity index (χ4n) is 3.93. The van der Waals surface area contributed by atoms with E-state index in [1.165, 1.54) is 0 Å². The largest absolute Gasteiger partial charge is 0.507 e. The van der Waals surface area contributed by atoms with Crippen molar-refractivity contribution >= 4 is 16.9 Å². The third-order valence-corrected chi connectivity index (χ3v) is 5.16. The summed E-state index contributed by atoms with van der Waals surface area (Å²) in [6.07, 6.45) is 0. The van der Waals surface area contributed by atoms with Gasteiger partial charge in [-0.15, -0.1) is 0 Å². The SMILES string of the molecule is Cc1ccccc1C1=C(c2c(C)cccc2C)c2c(O)cccc2C1=O. The van der Waals surface area contributed by atoms with Gasteiger partial charge in [-0.1, -0.05) is 54.6 Å². The molecule has 0 aliphatic heterocycles. The molecular weight excluding hydrogens is 320 g/mol. The molecule has 0 bridgehead atoms. The summed E-state index contributed by atoms with van der Waals surface area (Å²) in [5, 5.41) is 10.6. The van der Waals surface area contributed by atoms with Gasteiger partial charge in [0, 0.05) is 22.3 Å². The standard InChI is InChI=1S/C24H20O2/c1-14-8-4-5-11-17(14)22-23(20-15(2)9-6-10-16(20)3)21-18(24(22)26)12-7-13-19(21)25/h4-13,25H,1-3H3. The Morgan fingerprint density at radius 2 is 1.19 bits per heavy atom. The number of carbonyl (C=O) groups excluding carboxylic acids is 1. The number of carbonyl (C=O) groups is 1. The summed E-state index contributed by atoms with van der Waals surface area (Å²) in [6, 6.07) is 19.2. The molecule has 1 aliphatic carbocycles. The van der Waals surface area contributed by atoms with Gasteiger partial charge in [-0.2, -0.15) is 0 Å². The average Bonchev–Trinajstić information content (AvgIpc) is 2.90. The summed E-state index contributed by atoms with van der Waals surface area (Å²) in [5.41, 5.74) is 7.92. The van der Waals surface area contributed by atoms with Crippen molar-refractivity contribution in [3.05, 3.63) is 99.6 Å². The van der Waals surface area contributed by atoms with E-state index >= 15 is 0 Å². The number of fused-ring (bicyclic) bond motifs is 1. The lowest BCUT2D eigenvalue weighted by molar-refractivity contribution is 0.105. The molecule has 0 saturated heterocycles. The minimum atomic E-state index is -0.0251. The predicted molar refractivity (Wildman–Crippen MR) is 105 cm³/mol. The summed E-state index contributed by atoms with van der Waals surface area (Å²) in [7, 11) is 0. The van der Waals surface area contributed by atoms with Crippen molar-refractivity contribution in [2.45, 2.75) is 20.8 Å². The van der Waals surface area contributed by atoms with Gasteiger partial charge in [0.2, 0.25) is 0 Å². The summed E-state index contributed by atoms with van der Waals surface area (Å²) >= 11 is 0. The zero-order chi connectivity index (χ0) is 18.4. The highest BCUT2D eigenvalue weighted by Gasteiger charge is 2.34. The maximum atomic E-state index is 13.3. The average molecular weight is 340 g/mol. The Hall–Kier alpha value is -3.13. The Labute approximate surface area is 153 Å². The van der Waals surface area contributed by atoms with Crippen molar-refractivity contribution in [2.75, 3.05) is 0 Å². The normalized spacial score (nSPS) is 13.3. The first kappa shape index (κ1) is 16.3. The molecule has 4 rings (SSSR count). The second kappa shape index (κ2) is 5.99. The van der Waals surface area contributed by atoms with Crippen LogP contribution in [0.3, 0.4) is 0 Å². The third kappa shape index (κ3) is 2.30. The maximum absolute atomic E-state index is 13.3. The second-order valence-corrected chi connectivity index (χ2v) is 6.86. The van der Waals surface area contributed by atoms with Gasteiger partial charge in [-0.25, -0.2) is 0 Å². The number of rotatable bonds is 2. The van der Waals surface area contributed by atoms with Gasteiger partial charge in [0.1, 0.15) is 5.75 Å². The molecule has 0 saturated carbocycles. The molecule has 1 N–H and O–H groups in total. The predicted octanol–water partition coefficient (Wildman–Crippen LogP) is 5.47. The van der Waals surface area contributed by atoms with E-state index in [1.807, 2.05) is 63.2 Å². The van der Waals surface area contributed by atoms with Crippen LogP contribution in [0.1, 0.15) is 43.7 Å². The molecule has 2 heteroatoms. The van der Waals surface area contributed by atoms with Gasteiger partial charge in [0.15, 0.2) is 5.78 Å². The summed E-state index contributed by atoms with van der Waals surface area (Å²) in [4.78, 5) is 13.3. The number of aryl methyl sites for hydroxylation is 3. The molecular formula is C24H20O2. The quantitative estimate of drug-likeness (QED) is 0.671. The Morgan fingerprint density at radius 3 is 1.88 bits per heavy atom. The lowest BCUT2D eigenvalue weighted by Gasteiger charge is -2.16. The van der Waals surface area contributed by atoms with Crippen molar-refractivity contribution in [1.82, 2.24) is 0 Å². The fourth-order valence-corrected chi connectivity index (χ4v) is 3.93. The summed E-state index contributed by atoms with van der Waals surface area (Å²) in [5.74, 6) is 0.125. The van der Waals surface area contributed by atoms with Gasteiger partial charge < -0.3 is 5.11 Å². The van der Waals surface area contributed by atoms with E-state index in [4.69, 9.17) is 0 Å². The topological polar surface area (TPSA) is 37.3 Å². The molecule has 128 valence electrons. The number of hydrogen-bond donors (Lipinski definition) is 1. The highest BCUT2D eigenvalue weighted by Crippen LogP contribution is 2.47. The molecule has 0 aromatic heterocycles. The van der Waals surface area contributed by atoms with Crippen LogP contribution in [-0.4, -0.2) is 10.9 Å². The Bertz CT molecular complexity index is 1070. The third-order valence-electron chi connectivity index (χ3n) is 5.16. The minimum Gasteiger partial charge on any atom is -0.507 e. The molecule has 0 amide bonds. The van der Waals surface area contributed by atoms with Crippen LogP contribution in [0.5, 0.6) is 5.75 Å². The molecule has 0 atom stereocenters. The van der Waals surface area contributed by atoms with Gasteiger partial charge in [-0.05, 0) is 54.7 Å². The number of allylic oxidation sites excluding steroid dienone is 1. The number of phenolic OH excluding ortho intramolecular Hbond substituents is 1. The smallest absolute Gasteiger partial charge is 0.195 e. The highest BCUT2D eigenvalue weighted by molar-refractivity contribution is 6.42. The van der Waals surface area contributed by atoms with Crippen LogP contribution < -0.4 is 0 Å². The zero-order valence-corrected chi connectivity index (χ0v) is 15.1. The lowest BCUT2D eigenvalue weighted by Crippen LogP contribution is -2.01. The number of Topliss-reactive ketones (excluding diaryl/α,β-unsaturated/α-hetero) is 1. The number of ketones is 1. The second-order valence-electron chi connectivity index (χ2n) is 6.86. The number of phenols is 1.